The van der Waals surface area contributed by atoms with Crippen molar-refractivity contribution in [1.29, 1.82) is 5.41 Å². The van der Waals surface area contributed by atoms with Crippen LogP contribution in [0.5, 0.6) is 0 Å². The van der Waals surface area contributed by atoms with Crippen LogP contribution >= 0.6 is 11.3 Å². The number of thiazole rings is 1. The molecule has 0 saturated carbocycles. The standard InChI is InChI=1S/C21H27N7O3S/c1-21(2,3)31-20(30)28-10-8-27(9-11-28)17-5-7-24-12-15(17)25-18(29)16-13-32-19(26-16)14(23)4-6-22/h4-7,12-13,22H,8-11,23H2,1-3H3,(H,25,29). The Bertz CT molecular complexity index is 1020. The van der Waals surface area contributed by atoms with E-state index in [-0.39, 0.29) is 17.7 Å². The Hall–Kier alpha value is -3.47. The molecule has 0 bridgehead atoms. The highest BCUT2D eigenvalue weighted by Gasteiger charge is 2.27. The highest BCUT2D eigenvalue weighted by Crippen LogP contribution is 2.27. The fourth-order valence-electron chi connectivity index (χ4n) is 3.07. The first-order valence-electron chi connectivity index (χ1n) is 10.1. The number of carbonyl (C=O) groups is 2. The van der Waals surface area contributed by atoms with Crippen molar-refractivity contribution >= 4 is 46.6 Å². The second kappa shape index (κ2) is 9.77. The maximum Gasteiger partial charge on any atom is 0.410 e. The average Bonchev–Trinajstić information content (AvgIpc) is 3.24. The summed E-state index contributed by atoms with van der Waals surface area (Å²) in [5.74, 6) is -0.378. The lowest BCUT2D eigenvalue weighted by molar-refractivity contribution is 0.0240. The maximum atomic E-state index is 12.7. The van der Waals surface area contributed by atoms with Crippen molar-refractivity contribution in [3.8, 4) is 0 Å². The van der Waals surface area contributed by atoms with Gasteiger partial charge >= 0.3 is 6.09 Å². The molecule has 2 amide bonds. The molecule has 1 saturated heterocycles. The molecule has 0 unspecified atom stereocenters. The molecule has 0 radical (unpaired) electrons. The first-order chi connectivity index (χ1) is 15.2. The minimum Gasteiger partial charge on any atom is -0.444 e. The highest BCUT2D eigenvalue weighted by molar-refractivity contribution is 7.11. The van der Waals surface area contributed by atoms with Crippen molar-refractivity contribution in [2.45, 2.75) is 26.4 Å². The van der Waals surface area contributed by atoms with Gasteiger partial charge in [0.05, 0.1) is 23.3 Å². The fourth-order valence-corrected chi connectivity index (χ4v) is 3.81. The van der Waals surface area contributed by atoms with Crippen LogP contribution in [0.25, 0.3) is 5.70 Å². The van der Waals surface area contributed by atoms with Gasteiger partial charge in [-0.05, 0) is 32.9 Å². The zero-order chi connectivity index (χ0) is 23.3. The Balaban J connectivity index is 1.67. The van der Waals surface area contributed by atoms with Crippen LogP contribution in [-0.2, 0) is 4.74 Å². The van der Waals surface area contributed by atoms with E-state index in [0.717, 1.165) is 11.9 Å². The van der Waals surface area contributed by atoms with Gasteiger partial charge < -0.3 is 31.0 Å². The van der Waals surface area contributed by atoms with Gasteiger partial charge in [0.25, 0.3) is 5.91 Å². The zero-order valence-corrected chi connectivity index (χ0v) is 19.1. The zero-order valence-electron chi connectivity index (χ0n) is 18.3. The van der Waals surface area contributed by atoms with E-state index in [9.17, 15) is 9.59 Å². The van der Waals surface area contributed by atoms with Crippen molar-refractivity contribution < 1.29 is 14.3 Å². The Morgan fingerprint density at radius 2 is 2.00 bits per heavy atom. The average molecular weight is 458 g/mol. The molecule has 170 valence electrons. The molecular formula is C21H27N7O3S. The predicted molar refractivity (Wildman–Crippen MR) is 125 cm³/mol. The van der Waals surface area contributed by atoms with Crippen molar-refractivity contribution in [3.63, 3.8) is 0 Å². The SMILES string of the molecule is CC(C)(C)OC(=O)N1CCN(c2ccncc2NC(=O)c2csc(C(N)=CC=N)n2)CC1. The summed E-state index contributed by atoms with van der Waals surface area (Å²) in [4.78, 5) is 37.2. The lowest BCUT2D eigenvalue weighted by Gasteiger charge is -2.37. The number of rotatable bonds is 5. The van der Waals surface area contributed by atoms with Gasteiger partial charge in [0, 0.05) is 44.0 Å². The Morgan fingerprint density at radius 3 is 2.66 bits per heavy atom. The number of allylic oxidation sites excluding steroid dienone is 1. The smallest absolute Gasteiger partial charge is 0.410 e. The predicted octanol–water partition coefficient (Wildman–Crippen LogP) is 2.80. The molecule has 2 aromatic heterocycles. The first-order valence-corrected chi connectivity index (χ1v) is 11.0. The molecule has 0 aromatic carbocycles. The molecule has 4 N–H and O–H groups in total. The lowest BCUT2D eigenvalue weighted by Crippen LogP contribution is -2.50. The molecule has 3 heterocycles. The van der Waals surface area contributed by atoms with Crippen LogP contribution in [0.1, 0.15) is 36.3 Å². The van der Waals surface area contributed by atoms with Crippen molar-refractivity contribution in [2.75, 3.05) is 36.4 Å². The van der Waals surface area contributed by atoms with Crippen LogP contribution in [0.4, 0.5) is 16.2 Å². The minimum absolute atomic E-state index is 0.232. The number of hydrogen-bond donors (Lipinski definition) is 3. The number of pyridine rings is 1. The van der Waals surface area contributed by atoms with Crippen LogP contribution in [0.15, 0.2) is 29.9 Å². The molecule has 1 aliphatic heterocycles. The second-order valence-electron chi connectivity index (χ2n) is 8.13. The second-order valence-corrected chi connectivity index (χ2v) is 8.99. The number of piperazine rings is 1. The molecule has 1 fully saturated rings. The molecule has 11 heteroatoms. The summed E-state index contributed by atoms with van der Waals surface area (Å²) in [6.45, 7) is 7.75. The third-order valence-corrected chi connectivity index (χ3v) is 5.46. The van der Waals surface area contributed by atoms with E-state index in [2.05, 4.69) is 20.2 Å². The summed E-state index contributed by atoms with van der Waals surface area (Å²) in [7, 11) is 0. The molecule has 10 nitrogen and oxygen atoms in total. The van der Waals surface area contributed by atoms with Gasteiger partial charge in [-0.2, -0.15) is 0 Å². The van der Waals surface area contributed by atoms with E-state index >= 15 is 0 Å². The van der Waals surface area contributed by atoms with E-state index in [1.807, 2.05) is 26.8 Å². The van der Waals surface area contributed by atoms with E-state index in [1.165, 1.54) is 17.4 Å². The largest absolute Gasteiger partial charge is 0.444 e. The normalized spacial score (nSPS) is 14.8. The molecule has 3 rings (SSSR count). The summed E-state index contributed by atoms with van der Waals surface area (Å²) in [5.41, 5.74) is 7.23. The quantitative estimate of drug-likeness (QED) is 0.587. The lowest BCUT2D eigenvalue weighted by atomic mass is 10.2. The van der Waals surface area contributed by atoms with E-state index in [4.69, 9.17) is 15.9 Å². The maximum absolute atomic E-state index is 12.7. The first kappa shape index (κ1) is 23.2. The summed E-state index contributed by atoms with van der Waals surface area (Å²) in [5, 5.41) is 12.0. The van der Waals surface area contributed by atoms with Gasteiger partial charge in [-0.25, -0.2) is 9.78 Å². The van der Waals surface area contributed by atoms with Crippen molar-refractivity contribution in [1.82, 2.24) is 14.9 Å². The van der Waals surface area contributed by atoms with Crippen LogP contribution in [-0.4, -0.2) is 64.9 Å². The van der Waals surface area contributed by atoms with Crippen LogP contribution in [0.2, 0.25) is 0 Å². The molecule has 0 aliphatic carbocycles. The summed E-state index contributed by atoms with van der Waals surface area (Å²) >= 11 is 1.23. The molecule has 1 aliphatic rings. The topological polar surface area (TPSA) is 138 Å². The monoisotopic (exact) mass is 457 g/mol. The molecule has 2 aromatic rings. The summed E-state index contributed by atoms with van der Waals surface area (Å²) in [6.07, 6.45) is 5.41. The molecule has 0 atom stereocenters. The Kier molecular flexibility index (Phi) is 7.08. The molecule has 32 heavy (non-hydrogen) atoms. The number of nitrogens with two attached hydrogens (primary N) is 1. The number of carbonyl (C=O) groups excluding carboxylic acids is 2. The van der Waals surface area contributed by atoms with Crippen molar-refractivity contribution in [2.24, 2.45) is 5.73 Å². The van der Waals surface area contributed by atoms with Crippen LogP contribution in [0, 0.1) is 5.41 Å². The number of ether oxygens (including phenoxy) is 1. The van der Waals surface area contributed by atoms with Gasteiger partial charge in [0.15, 0.2) is 0 Å². The van der Waals surface area contributed by atoms with Gasteiger partial charge in [0.2, 0.25) is 0 Å². The molecular weight excluding hydrogens is 430 g/mol. The molecule has 0 spiro atoms. The van der Waals surface area contributed by atoms with Crippen LogP contribution < -0.4 is 16.0 Å². The number of nitrogens with one attached hydrogen (secondary N) is 2. The summed E-state index contributed by atoms with van der Waals surface area (Å²) in [6, 6.07) is 1.83. The number of nitrogens with zero attached hydrogens (tertiary/aromatic N) is 4. The third-order valence-electron chi connectivity index (χ3n) is 4.56. The Morgan fingerprint density at radius 1 is 1.28 bits per heavy atom. The minimum atomic E-state index is -0.535. The van der Waals surface area contributed by atoms with E-state index < -0.39 is 5.60 Å². The highest BCUT2D eigenvalue weighted by atomic mass is 32.1. The Labute approximate surface area is 190 Å². The van der Waals surface area contributed by atoms with E-state index in [0.29, 0.717) is 42.6 Å². The number of amides is 2. The third kappa shape index (κ3) is 5.82. The fraction of sp³-hybridized carbons (Fsp3) is 0.381. The number of aromatic nitrogens is 2. The van der Waals surface area contributed by atoms with Gasteiger partial charge in [-0.3, -0.25) is 9.78 Å². The van der Waals surface area contributed by atoms with Gasteiger partial charge in [-0.1, -0.05) is 0 Å². The number of hydrogen-bond acceptors (Lipinski definition) is 9. The number of anilines is 2. The van der Waals surface area contributed by atoms with Crippen LogP contribution in [0.3, 0.4) is 0 Å². The van der Waals surface area contributed by atoms with Crippen molar-refractivity contribution in [3.05, 3.63) is 40.6 Å². The van der Waals surface area contributed by atoms with Gasteiger partial charge in [-0.15, -0.1) is 11.3 Å². The summed E-state index contributed by atoms with van der Waals surface area (Å²) < 4.78 is 5.45. The van der Waals surface area contributed by atoms with E-state index in [1.54, 1.807) is 22.7 Å². The van der Waals surface area contributed by atoms with Gasteiger partial charge in [0.1, 0.15) is 16.3 Å².